The maximum Gasteiger partial charge on any atom is 0.270 e. The van der Waals surface area contributed by atoms with Crippen LogP contribution in [0.15, 0.2) is 40.8 Å². The molecule has 1 N–H and O–H groups in total. The number of nitrogens with zero attached hydrogens (tertiary/aromatic N) is 5. The Morgan fingerprint density at radius 1 is 1.25 bits per heavy atom. The predicted octanol–water partition coefficient (Wildman–Crippen LogP) is 5.80. The van der Waals surface area contributed by atoms with Gasteiger partial charge in [0.25, 0.3) is 5.69 Å². The third kappa shape index (κ3) is 3.24. The minimum absolute atomic E-state index is 0.0571. The normalized spacial score (nSPS) is 12.0. The van der Waals surface area contributed by atoms with Crippen LogP contribution in [0.25, 0.3) is 21.1 Å². The van der Waals surface area contributed by atoms with Crippen molar-refractivity contribution in [3.05, 3.63) is 56.8 Å². The lowest BCUT2D eigenvalue weighted by atomic mass is 10.1. The van der Waals surface area contributed by atoms with Crippen LogP contribution >= 0.6 is 11.3 Å². The Bertz CT molecular complexity index is 1220. The minimum Gasteiger partial charge on any atom is -0.358 e. The van der Waals surface area contributed by atoms with Gasteiger partial charge in [0, 0.05) is 39.2 Å². The predicted molar refractivity (Wildman–Crippen MR) is 109 cm³/mol. The van der Waals surface area contributed by atoms with Crippen molar-refractivity contribution in [2.75, 3.05) is 0 Å². The number of rotatable bonds is 5. The van der Waals surface area contributed by atoms with Crippen molar-refractivity contribution in [1.82, 2.24) is 15.0 Å². The van der Waals surface area contributed by atoms with Crippen molar-refractivity contribution < 1.29 is 4.92 Å². The Morgan fingerprint density at radius 2 is 2.07 bits per heavy atom. The number of aryl methyl sites for hydroxylation is 1. The van der Waals surface area contributed by atoms with Gasteiger partial charge in [-0.05, 0) is 25.0 Å². The monoisotopic (exact) mass is 394 g/mol. The highest BCUT2D eigenvalue weighted by atomic mass is 32.1. The van der Waals surface area contributed by atoms with Crippen molar-refractivity contribution in [3.63, 3.8) is 0 Å². The van der Waals surface area contributed by atoms with Crippen LogP contribution in [0.5, 0.6) is 0 Å². The Labute approximate surface area is 164 Å². The molecule has 4 rings (SSSR count). The maximum atomic E-state index is 11.1. The van der Waals surface area contributed by atoms with E-state index in [1.807, 2.05) is 6.92 Å². The number of hydrogen-bond acceptors (Lipinski definition) is 7. The fraction of sp³-hybridized carbons (Fsp3) is 0.263. The third-order valence-electron chi connectivity index (χ3n) is 4.60. The van der Waals surface area contributed by atoms with E-state index in [1.165, 1.54) is 17.3 Å². The SMILES string of the molecule is Cc1[nH]c2ccc([N+](=O)[O-])cc2c1CN=Nc1ncnc2sc(C(C)C)cc12. The molecule has 0 spiro atoms. The topological polar surface area (TPSA) is 109 Å². The number of nitrogens with one attached hydrogen (secondary N) is 1. The van der Waals surface area contributed by atoms with E-state index < -0.39 is 4.92 Å². The van der Waals surface area contributed by atoms with E-state index in [1.54, 1.807) is 23.5 Å². The van der Waals surface area contributed by atoms with Crippen LogP contribution in [0.1, 0.15) is 35.9 Å². The summed E-state index contributed by atoms with van der Waals surface area (Å²) in [6, 6.07) is 6.84. The fourth-order valence-electron chi connectivity index (χ4n) is 3.09. The molecule has 0 amide bonds. The van der Waals surface area contributed by atoms with Gasteiger partial charge in [-0.3, -0.25) is 10.1 Å². The van der Waals surface area contributed by atoms with Crippen LogP contribution in [0, 0.1) is 17.0 Å². The van der Waals surface area contributed by atoms with Crippen molar-refractivity contribution in [2.24, 2.45) is 10.2 Å². The van der Waals surface area contributed by atoms with Gasteiger partial charge in [-0.15, -0.1) is 16.5 Å². The first kappa shape index (κ1) is 18.2. The lowest BCUT2D eigenvalue weighted by Gasteiger charge is -1.97. The molecule has 3 heterocycles. The molecule has 0 saturated carbocycles. The number of aromatic nitrogens is 3. The van der Waals surface area contributed by atoms with E-state index in [9.17, 15) is 10.1 Å². The Balaban J connectivity index is 1.67. The molecule has 3 aromatic heterocycles. The fourth-order valence-corrected chi connectivity index (χ4v) is 4.08. The lowest BCUT2D eigenvalue weighted by molar-refractivity contribution is -0.384. The number of aromatic amines is 1. The molecule has 0 fully saturated rings. The van der Waals surface area contributed by atoms with Gasteiger partial charge in [0.2, 0.25) is 0 Å². The Hall–Kier alpha value is -3.20. The third-order valence-corrected chi connectivity index (χ3v) is 5.95. The highest BCUT2D eigenvalue weighted by molar-refractivity contribution is 7.18. The number of fused-ring (bicyclic) bond motifs is 2. The molecule has 1 aromatic carbocycles. The van der Waals surface area contributed by atoms with Gasteiger partial charge in [0.1, 0.15) is 11.2 Å². The second-order valence-electron chi connectivity index (χ2n) is 6.83. The van der Waals surface area contributed by atoms with Crippen LogP contribution in [0.2, 0.25) is 0 Å². The number of benzene rings is 1. The lowest BCUT2D eigenvalue weighted by Crippen LogP contribution is -1.88. The molecule has 0 atom stereocenters. The second kappa shape index (κ2) is 7.08. The number of hydrogen-bond donors (Lipinski definition) is 1. The van der Waals surface area contributed by atoms with Crippen molar-refractivity contribution in [3.8, 4) is 0 Å². The molecule has 0 aliphatic heterocycles. The minimum atomic E-state index is -0.395. The van der Waals surface area contributed by atoms with Crippen molar-refractivity contribution in [2.45, 2.75) is 33.2 Å². The van der Waals surface area contributed by atoms with Gasteiger partial charge in [-0.25, -0.2) is 9.97 Å². The standard InChI is InChI=1S/C19H18N6O2S/c1-10(2)17-7-14-18(20-9-21-19(14)28-17)24-22-8-15-11(3)23-16-5-4-12(25(26)27)6-13(15)16/h4-7,9-10,23H,8H2,1-3H3. The van der Waals surface area contributed by atoms with Crippen molar-refractivity contribution in [1.29, 1.82) is 0 Å². The van der Waals surface area contributed by atoms with Gasteiger partial charge in [0.05, 0.1) is 16.9 Å². The second-order valence-corrected chi connectivity index (χ2v) is 7.90. The van der Waals surface area contributed by atoms with Crippen LogP contribution in [-0.4, -0.2) is 19.9 Å². The average Bonchev–Trinajstić information content (AvgIpc) is 3.23. The molecule has 0 radical (unpaired) electrons. The molecule has 4 aromatic rings. The van der Waals surface area contributed by atoms with Crippen LogP contribution in [0.3, 0.4) is 0 Å². The van der Waals surface area contributed by atoms with E-state index >= 15 is 0 Å². The molecule has 9 heteroatoms. The summed E-state index contributed by atoms with van der Waals surface area (Å²) in [7, 11) is 0. The zero-order valence-corrected chi connectivity index (χ0v) is 16.4. The number of thiophene rings is 1. The van der Waals surface area contributed by atoms with Gasteiger partial charge in [0.15, 0.2) is 5.82 Å². The molecule has 142 valence electrons. The molecule has 28 heavy (non-hydrogen) atoms. The van der Waals surface area contributed by atoms with Gasteiger partial charge in [-0.2, -0.15) is 5.11 Å². The van der Waals surface area contributed by atoms with Gasteiger partial charge < -0.3 is 4.98 Å². The highest BCUT2D eigenvalue weighted by Crippen LogP contribution is 2.34. The maximum absolute atomic E-state index is 11.1. The Kier molecular flexibility index (Phi) is 4.60. The molecule has 0 aliphatic carbocycles. The zero-order chi connectivity index (χ0) is 19.8. The van der Waals surface area contributed by atoms with Crippen LogP contribution in [-0.2, 0) is 6.54 Å². The number of nitro groups is 1. The first-order valence-corrected chi connectivity index (χ1v) is 9.63. The van der Waals surface area contributed by atoms with E-state index in [2.05, 4.69) is 45.1 Å². The molecule has 0 bridgehead atoms. The quantitative estimate of drug-likeness (QED) is 0.262. The molecule has 0 aliphatic rings. The number of non-ortho nitro benzene ring substituents is 1. The van der Waals surface area contributed by atoms with Gasteiger partial charge >= 0.3 is 0 Å². The van der Waals surface area contributed by atoms with E-state index in [-0.39, 0.29) is 5.69 Å². The summed E-state index contributed by atoms with van der Waals surface area (Å²) in [5.74, 6) is 0.949. The molecule has 0 unspecified atom stereocenters. The van der Waals surface area contributed by atoms with Crippen molar-refractivity contribution >= 4 is 44.0 Å². The zero-order valence-electron chi connectivity index (χ0n) is 15.6. The van der Waals surface area contributed by atoms with Crippen LogP contribution in [0.4, 0.5) is 11.5 Å². The number of azo groups is 1. The molecule has 0 saturated heterocycles. The summed E-state index contributed by atoms with van der Waals surface area (Å²) in [4.78, 5) is 24.6. The summed E-state index contributed by atoms with van der Waals surface area (Å²) in [6.45, 7) is 6.50. The molecule has 8 nitrogen and oxygen atoms in total. The number of H-pyrrole nitrogens is 1. The number of nitro benzene ring substituents is 1. The largest absolute Gasteiger partial charge is 0.358 e. The summed E-state index contributed by atoms with van der Waals surface area (Å²) < 4.78 is 0. The molecular formula is C19H18N6O2S. The summed E-state index contributed by atoms with van der Waals surface area (Å²) in [5.41, 5.74) is 2.71. The van der Waals surface area contributed by atoms with Gasteiger partial charge in [-0.1, -0.05) is 13.8 Å². The van der Waals surface area contributed by atoms with E-state index in [0.717, 1.165) is 32.4 Å². The first-order valence-electron chi connectivity index (χ1n) is 8.81. The van der Waals surface area contributed by atoms with E-state index in [4.69, 9.17) is 0 Å². The summed E-state index contributed by atoms with van der Waals surface area (Å²) in [6.07, 6.45) is 1.50. The summed E-state index contributed by atoms with van der Waals surface area (Å²) >= 11 is 1.64. The van der Waals surface area contributed by atoms with E-state index in [0.29, 0.717) is 18.3 Å². The average molecular weight is 394 g/mol. The smallest absolute Gasteiger partial charge is 0.270 e. The molecular weight excluding hydrogens is 376 g/mol. The van der Waals surface area contributed by atoms with Crippen LogP contribution < -0.4 is 0 Å². The first-order chi connectivity index (χ1) is 13.4. The highest BCUT2D eigenvalue weighted by Gasteiger charge is 2.14. The summed E-state index contributed by atoms with van der Waals surface area (Å²) in [5, 5.41) is 21.4. The Morgan fingerprint density at radius 3 is 2.82 bits per heavy atom.